The van der Waals surface area contributed by atoms with Crippen LogP contribution >= 0.6 is 20.2 Å². The number of thioether (sulfide) groups is 1. The number of hydrogen-bond donors (Lipinski definition) is 0. The first-order chi connectivity index (χ1) is 14.3. The lowest BCUT2D eigenvalue weighted by Crippen LogP contribution is -2.43. The molecule has 0 rings (SSSR count). The van der Waals surface area contributed by atoms with Crippen LogP contribution < -0.4 is 0 Å². The summed E-state index contributed by atoms with van der Waals surface area (Å²) in [7, 11) is -0.928. The molecule has 6 nitrogen and oxygen atoms in total. The Morgan fingerprint density at radius 3 is 1.52 bits per heavy atom. The van der Waals surface area contributed by atoms with Gasteiger partial charge < -0.3 is 14.2 Å². The molecule has 0 fully saturated rings. The second-order valence-electron chi connectivity index (χ2n) is 9.61. The largest absolute Gasteiger partial charge is 0.355 e. The van der Waals surface area contributed by atoms with Gasteiger partial charge in [-0.15, -0.1) is 0 Å². The zero-order chi connectivity index (χ0) is 24.3. The van der Waals surface area contributed by atoms with E-state index in [4.69, 9.17) is 9.26 Å². The molecule has 1 amide bonds. The minimum absolute atomic E-state index is 0.152. The topological polar surface area (TPSA) is 45.3 Å². The van der Waals surface area contributed by atoms with Gasteiger partial charge in [-0.3, -0.25) is 4.79 Å². The van der Waals surface area contributed by atoms with Crippen molar-refractivity contribution in [3.05, 3.63) is 0 Å². The summed E-state index contributed by atoms with van der Waals surface area (Å²) in [6, 6.07) is 1.99. The number of carbonyl (C=O) groups is 1. The van der Waals surface area contributed by atoms with Crippen molar-refractivity contribution in [3.8, 4) is 0 Å². The van der Waals surface area contributed by atoms with Gasteiger partial charge in [-0.05, 0) is 89.5 Å². The van der Waals surface area contributed by atoms with Gasteiger partial charge in [0, 0.05) is 42.0 Å². The fourth-order valence-corrected chi connectivity index (χ4v) is 7.05. The SMILES string of the molecule is CC(C)N(C(=O)SCCCOCOP(N(C(C)C)C(C)C)N(C(C)C)C(C)C)C(C)C. The summed E-state index contributed by atoms with van der Waals surface area (Å²) in [4.78, 5) is 14.4. The summed E-state index contributed by atoms with van der Waals surface area (Å²) in [5.74, 6) is 0.762. The number of carbonyl (C=O) groups excluding carboxylic acids is 1. The van der Waals surface area contributed by atoms with E-state index in [0.717, 1.165) is 12.2 Å². The van der Waals surface area contributed by atoms with Gasteiger partial charge in [0.25, 0.3) is 5.24 Å². The standard InChI is InChI=1S/C23H50N3O3PS/c1-17(2)24(18(3)4)23(27)31-15-13-14-28-16-29-30(25(19(5)6)20(7)8)26(21(9)10)22(11)12/h17-22H,13-16H2,1-12H3. The molecular weight excluding hydrogens is 429 g/mol. The highest BCUT2D eigenvalue weighted by Gasteiger charge is 2.34. The first-order valence-electron chi connectivity index (χ1n) is 11.8. The molecule has 0 saturated carbocycles. The van der Waals surface area contributed by atoms with Crippen LogP contribution in [0.15, 0.2) is 0 Å². The molecule has 31 heavy (non-hydrogen) atoms. The van der Waals surface area contributed by atoms with Crippen molar-refractivity contribution in [1.29, 1.82) is 0 Å². The summed E-state index contributed by atoms with van der Waals surface area (Å²) in [5, 5.41) is 0.152. The predicted molar refractivity (Wildman–Crippen MR) is 138 cm³/mol. The monoisotopic (exact) mass is 479 g/mol. The van der Waals surface area contributed by atoms with Gasteiger partial charge in [-0.2, -0.15) is 0 Å². The molecule has 0 atom stereocenters. The Morgan fingerprint density at radius 1 is 0.742 bits per heavy atom. The van der Waals surface area contributed by atoms with Crippen molar-refractivity contribution in [2.75, 3.05) is 19.2 Å². The Labute approximate surface area is 198 Å². The van der Waals surface area contributed by atoms with Gasteiger partial charge in [0.15, 0.2) is 15.2 Å². The van der Waals surface area contributed by atoms with Crippen molar-refractivity contribution < 1.29 is 14.1 Å². The van der Waals surface area contributed by atoms with E-state index < -0.39 is 8.45 Å². The highest BCUT2D eigenvalue weighted by molar-refractivity contribution is 8.13. The van der Waals surface area contributed by atoms with Crippen LogP contribution in [0.2, 0.25) is 0 Å². The fourth-order valence-electron chi connectivity index (χ4n) is 3.79. The molecule has 0 saturated heterocycles. The maximum Gasteiger partial charge on any atom is 0.282 e. The minimum Gasteiger partial charge on any atom is -0.355 e. The second kappa shape index (κ2) is 15.8. The molecule has 0 aliphatic rings. The molecule has 0 radical (unpaired) electrons. The van der Waals surface area contributed by atoms with E-state index in [1.807, 2.05) is 4.90 Å². The van der Waals surface area contributed by atoms with Crippen molar-refractivity contribution >= 4 is 25.5 Å². The molecule has 8 heteroatoms. The molecule has 0 aliphatic carbocycles. The van der Waals surface area contributed by atoms with Crippen molar-refractivity contribution in [3.63, 3.8) is 0 Å². The lowest BCUT2D eigenvalue weighted by molar-refractivity contribution is 0.00844. The molecule has 0 unspecified atom stereocenters. The summed E-state index contributed by atoms with van der Waals surface area (Å²) >= 11 is 1.38. The zero-order valence-electron chi connectivity index (χ0n) is 22.2. The van der Waals surface area contributed by atoms with E-state index in [9.17, 15) is 4.79 Å². The van der Waals surface area contributed by atoms with Crippen LogP contribution in [0.3, 0.4) is 0 Å². The average Bonchev–Trinajstić information content (AvgIpc) is 2.58. The Morgan fingerprint density at radius 2 is 1.16 bits per heavy atom. The van der Waals surface area contributed by atoms with Crippen molar-refractivity contribution in [2.24, 2.45) is 0 Å². The molecule has 0 N–H and O–H groups in total. The number of nitrogens with zero attached hydrogens (tertiary/aromatic N) is 3. The Kier molecular flexibility index (Phi) is 15.9. The van der Waals surface area contributed by atoms with Gasteiger partial charge in [0.2, 0.25) is 0 Å². The van der Waals surface area contributed by atoms with Gasteiger partial charge in [0.1, 0.15) is 0 Å². The molecule has 0 bridgehead atoms. The van der Waals surface area contributed by atoms with Crippen LogP contribution in [0.1, 0.15) is 89.5 Å². The average molecular weight is 480 g/mol. The molecule has 0 aromatic rings. The highest BCUT2D eigenvalue weighted by Crippen LogP contribution is 2.50. The number of ether oxygens (including phenoxy) is 1. The summed E-state index contributed by atoms with van der Waals surface area (Å²) in [5.41, 5.74) is 0. The zero-order valence-corrected chi connectivity index (χ0v) is 23.9. The van der Waals surface area contributed by atoms with E-state index in [1.165, 1.54) is 11.8 Å². The van der Waals surface area contributed by atoms with Crippen LogP contribution in [-0.4, -0.2) is 74.9 Å². The summed E-state index contributed by atoms with van der Waals surface area (Å²) in [6.07, 6.45) is 0.831. The van der Waals surface area contributed by atoms with Gasteiger partial charge in [-0.25, -0.2) is 9.34 Å². The maximum atomic E-state index is 12.4. The van der Waals surface area contributed by atoms with Crippen LogP contribution in [0.25, 0.3) is 0 Å². The number of amides is 1. The van der Waals surface area contributed by atoms with Crippen LogP contribution in [-0.2, 0) is 9.26 Å². The normalized spacial score (nSPS) is 12.9. The lowest BCUT2D eigenvalue weighted by Gasteiger charge is -2.45. The minimum atomic E-state index is -0.928. The third kappa shape index (κ3) is 11.2. The first kappa shape index (κ1) is 31.1. The Balaban J connectivity index is 4.68. The summed E-state index contributed by atoms with van der Waals surface area (Å²) in [6.45, 7) is 26.9. The molecule has 0 heterocycles. The van der Waals surface area contributed by atoms with Crippen LogP contribution in [0, 0.1) is 0 Å². The fraction of sp³-hybridized carbons (Fsp3) is 0.957. The Hall–Kier alpha value is 0.0900. The van der Waals surface area contributed by atoms with Crippen molar-refractivity contribution in [1.82, 2.24) is 14.2 Å². The van der Waals surface area contributed by atoms with E-state index in [1.54, 1.807) is 0 Å². The lowest BCUT2D eigenvalue weighted by atomic mass is 10.2. The van der Waals surface area contributed by atoms with Gasteiger partial charge >= 0.3 is 0 Å². The van der Waals surface area contributed by atoms with E-state index in [2.05, 4.69) is 92.4 Å². The second-order valence-corrected chi connectivity index (χ2v) is 12.3. The number of hydrogen-bond acceptors (Lipinski definition) is 6. The van der Waals surface area contributed by atoms with Gasteiger partial charge in [-0.1, -0.05) is 11.8 Å². The third-order valence-electron chi connectivity index (χ3n) is 4.75. The van der Waals surface area contributed by atoms with Crippen LogP contribution in [0.4, 0.5) is 4.79 Å². The molecule has 186 valence electrons. The number of rotatable bonds is 15. The van der Waals surface area contributed by atoms with E-state index >= 15 is 0 Å². The quantitative estimate of drug-likeness (QED) is 0.146. The molecule has 0 aromatic heterocycles. The smallest absolute Gasteiger partial charge is 0.282 e. The molecule has 0 spiro atoms. The predicted octanol–water partition coefficient (Wildman–Crippen LogP) is 6.80. The highest BCUT2D eigenvalue weighted by atomic mass is 32.2. The Bertz CT molecular complexity index is 447. The van der Waals surface area contributed by atoms with Crippen molar-refractivity contribution in [2.45, 2.75) is 126 Å². The van der Waals surface area contributed by atoms with Crippen LogP contribution in [0.5, 0.6) is 0 Å². The molecular formula is C23H50N3O3PS. The molecule has 0 aromatic carbocycles. The third-order valence-corrected chi connectivity index (χ3v) is 8.67. The summed E-state index contributed by atoms with van der Waals surface area (Å²) < 4.78 is 17.1. The van der Waals surface area contributed by atoms with E-state index in [0.29, 0.717) is 30.8 Å². The maximum absolute atomic E-state index is 12.4. The van der Waals surface area contributed by atoms with E-state index in [-0.39, 0.29) is 24.1 Å². The van der Waals surface area contributed by atoms with Gasteiger partial charge in [0.05, 0.1) is 6.61 Å². The molecule has 0 aliphatic heterocycles. The first-order valence-corrected chi connectivity index (χ1v) is 14.0.